The highest BCUT2D eigenvalue weighted by molar-refractivity contribution is 5.47. The van der Waals surface area contributed by atoms with Crippen molar-refractivity contribution in [3.8, 4) is 0 Å². The Morgan fingerprint density at radius 3 is 2.50 bits per heavy atom. The first kappa shape index (κ1) is 15.3. The Hall–Kier alpha value is -1.13. The van der Waals surface area contributed by atoms with E-state index in [4.69, 9.17) is 5.73 Å². The van der Waals surface area contributed by atoms with Crippen molar-refractivity contribution < 1.29 is 0 Å². The third-order valence-corrected chi connectivity index (χ3v) is 4.89. The van der Waals surface area contributed by atoms with Gasteiger partial charge in [0.05, 0.1) is 6.04 Å². The molecule has 1 heterocycles. The molecule has 1 unspecified atom stereocenters. The van der Waals surface area contributed by atoms with Gasteiger partial charge >= 0.3 is 0 Å². The SMILES string of the molecule is CCN(CC)C1(C(NC)c2cnccc2N)CCCC1. The summed E-state index contributed by atoms with van der Waals surface area (Å²) >= 11 is 0. The Balaban J connectivity index is 2.43. The van der Waals surface area contributed by atoms with E-state index in [1.807, 2.05) is 19.3 Å². The van der Waals surface area contributed by atoms with Crippen LogP contribution in [0.15, 0.2) is 18.5 Å². The Morgan fingerprint density at radius 2 is 2.00 bits per heavy atom. The average Bonchev–Trinajstić information content (AvgIpc) is 2.93. The van der Waals surface area contributed by atoms with Gasteiger partial charge in [-0.25, -0.2) is 0 Å². The number of aromatic nitrogens is 1. The van der Waals surface area contributed by atoms with Crippen LogP contribution in [0.4, 0.5) is 5.69 Å². The molecule has 0 bridgehead atoms. The number of nitrogen functional groups attached to an aromatic ring is 1. The molecule has 20 heavy (non-hydrogen) atoms. The Morgan fingerprint density at radius 1 is 1.35 bits per heavy atom. The van der Waals surface area contributed by atoms with E-state index < -0.39 is 0 Å². The lowest BCUT2D eigenvalue weighted by Gasteiger charge is -2.46. The summed E-state index contributed by atoms with van der Waals surface area (Å²) < 4.78 is 0. The second kappa shape index (κ2) is 6.55. The summed E-state index contributed by atoms with van der Waals surface area (Å²) in [5.41, 5.74) is 8.37. The van der Waals surface area contributed by atoms with Crippen molar-refractivity contribution in [3.63, 3.8) is 0 Å². The molecule has 0 aromatic carbocycles. The van der Waals surface area contributed by atoms with E-state index in [1.54, 1.807) is 6.20 Å². The Labute approximate surface area is 122 Å². The maximum atomic E-state index is 6.21. The van der Waals surface area contributed by atoms with Crippen LogP contribution < -0.4 is 11.1 Å². The number of likely N-dealkylation sites (N-methyl/N-ethyl adjacent to an activating group) is 2. The highest BCUT2D eigenvalue weighted by Gasteiger charge is 2.45. The maximum Gasteiger partial charge on any atom is 0.0540 e. The van der Waals surface area contributed by atoms with Crippen LogP contribution in [0.2, 0.25) is 0 Å². The fourth-order valence-electron chi connectivity index (χ4n) is 4.00. The number of rotatable bonds is 6. The molecule has 1 aromatic heterocycles. The van der Waals surface area contributed by atoms with Crippen molar-refractivity contribution in [3.05, 3.63) is 24.0 Å². The van der Waals surface area contributed by atoms with Gasteiger partial charge in [0.15, 0.2) is 0 Å². The summed E-state index contributed by atoms with van der Waals surface area (Å²) in [6.07, 6.45) is 8.76. The normalized spacial score (nSPS) is 19.4. The Kier molecular flexibility index (Phi) is 5.00. The minimum Gasteiger partial charge on any atom is -0.398 e. The summed E-state index contributed by atoms with van der Waals surface area (Å²) in [5.74, 6) is 0. The van der Waals surface area contributed by atoms with Crippen LogP contribution in [0.25, 0.3) is 0 Å². The standard InChI is InChI=1S/C16H28N4/c1-4-20(5-2)16(9-6-7-10-16)15(18-3)13-12-19-11-8-14(13)17/h8,11-12,15,18H,4-7,9-10H2,1-3H3,(H2,17,19). The topological polar surface area (TPSA) is 54.2 Å². The quantitative estimate of drug-likeness (QED) is 0.838. The number of pyridine rings is 1. The smallest absolute Gasteiger partial charge is 0.0540 e. The van der Waals surface area contributed by atoms with Crippen molar-refractivity contribution >= 4 is 5.69 Å². The molecule has 0 spiro atoms. The second-order valence-corrected chi connectivity index (χ2v) is 5.71. The van der Waals surface area contributed by atoms with Crippen molar-refractivity contribution in [2.75, 3.05) is 25.9 Å². The lowest BCUT2D eigenvalue weighted by molar-refractivity contribution is 0.0657. The van der Waals surface area contributed by atoms with Gasteiger partial charge in [0.1, 0.15) is 0 Å². The fourth-order valence-corrected chi connectivity index (χ4v) is 4.00. The van der Waals surface area contributed by atoms with Crippen molar-refractivity contribution in [1.82, 2.24) is 15.2 Å². The molecule has 1 aromatic rings. The summed E-state index contributed by atoms with van der Waals surface area (Å²) in [7, 11) is 2.04. The van der Waals surface area contributed by atoms with Crippen LogP contribution in [-0.4, -0.2) is 35.6 Å². The first-order chi connectivity index (χ1) is 9.69. The molecule has 0 radical (unpaired) electrons. The van der Waals surface area contributed by atoms with E-state index in [9.17, 15) is 0 Å². The number of anilines is 1. The molecular formula is C16H28N4. The van der Waals surface area contributed by atoms with Crippen LogP contribution in [0.5, 0.6) is 0 Å². The number of hydrogen-bond acceptors (Lipinski definition) is 4. The Bertz CT molecular complexity index is 422. The van der Waals surface area contributed by atoms with Gasteiger partial charge in [-0.2, -0.15) is 0 Å². The van der Waals surface area contributed by atoms with E-state index in [-0.39, 0.29) is 11.6 Å². The zero-order chi connectivity index (χ0) is 14.6. The zero-order valence-corrected chi connectivity index (χ0v) is 13.0. The van der Waals surface area contributed by atoms with Crippen molar-refractivity contribution in [1.29, 1.82) is 0 Å². The van der Waals surface area contributed by atoms with Crippen LogP contribution in [-0.2, 0) is 0 Å². The average molecular weight is 276 g/mol. The van der Waals surface area contributed by atoms with Gasteiger partial charge in [-0.05, 0) is 39.0 Å². The molecule has 0 aliphatic heterocycles. The molecule has 0 saturated heterocycles. The van der Waals surface area contributed by atoms with Crippen LogP contribution in [0.1, 0.15) is 51.1 Å². The number of nitrogens with two attached hydrogens (primary N) is 1. The monoisotopic (exact) mass is 276 g/mol. The second-order valence-electron chi connectivity index (χ2n) is 5.71. The largest absolute Gasteiger partial charge is 0.398 e. The highest BCUT2D eigenvalue weighted by Crippen LogP contribution is 2.45. The lowest BCUT2D eigenvalue weighted by Crippen LogP contribution is -2.54. The van der Waals surface area contributed by atoms with E-state index in [0.29, 0.717) is 0 Å². The van der Waals surface area contributed by atoms with Gasteiger partial charge in [0.2, 0.25) is 0 Å². The molecule has 4 heteroatoms. The van der Waals surface area contributed by atoms with Crippen LogP contribution in [0, 0.1) is 0 Å². The molecule has 4 nitrogen and oxygen atoms in total. The van der Waals surface area contributed by atoms with Gasteiger partial charge < -0.3 is 11.1 Å². The van der Waals surface area contributed by atoms with Gasteiger partial charge in [-0.15, -0.1) is 0 Å². The number of nitrogens with zero attached hydrogens (tertiary/aromatic N) is 2. The molecule has 1 aliphatic carbocycles. The summed E-state index contributed by atoms with van der Waals surface area (Å²) in [6, 6.07) is 2.16. The third-order valence-electron chi connectivity index (χ3n) is 4.89. The molecule has 1 aliphatic rings. The third kappa shape index (κ3) is 2.54. The van der Waals surface area contributed by atoms with E-state index in [1.165, 1.54) is 25.7 Å². The predicted octanol–water partition coefficient (Wildman–Crippen LogP) is 2.58. The van der Waals surface area contributed by atoms with Gasteiger partial charge in [0, 0.05) is 29.2 Å². The van der Waals surface area contributed by atoms with Gasteiger partial charge in [-0.1, -0.05) is 26.7 Å². The van der Waals surface area contributed by atoms with Crippen molar-refractivity contribution in [2.45, 2.75) is 51.1 Å². The summed E-state index contributed by atoms with van der Waals surface area (Å²) in [6.45, 7) is 6.66. The van der Waals surface area contributed by atoms with E-state index in [0.717, 1.165) is 24.3 Å². The minimum atomic E-state index is 0.176. The molecule has 2 rings (SSSR count). The van der Waals surface area contributed by atoms with Gasteiger partial charge in [0.25, 0.3) is 0 Å². The molecule has 1 fully saturated rings. The molecule has 1 saturated carbocycles. The molecule has 0 amide bonds. The summed E-state index contributed by atoms with van der Waals surface area (Å²) in [4.78, 5) is 6.89. The van der Waals surface area contributed by atoms with Crippen LogP contribution >= 0.6 is 0 Å². The first-order valence-corrected chi connectivity index (χ1v) is 7.81. The predicted molar refractivity (Wildman–Crippen MR) is 84.6 cm³/mol. The minimum absolute atomic E-state index is 0.176. The zero-order valence-electron chi connectivity index (χ0n) is 13.0. The summed E-state index contributed by atoms with van der Waals surface area (Å²) in [5, 5.41) is 3.53. The fraction of sp³-hybridized carbons (Fsp3) is 0.688. The number of nitrogens with one attached hydrogen (secondary N) is 1. The van der Waals surface area contributed by atoms with Crippen LogP contribution in [0.3, 0.4) is 0 Å². The highest BCUT2D eigenvalue weighted by atomic mass is 15.2. The lowest BCUT2D eigenvalue weighted by atomic mass is 9.81. The van der Waals surface area contributed by atoms with E-state index >= 15 is 0 Å². The molecule has 3 N–H and O–H groups in total. The molecule has 1 atom stereocenters. The first-order valence-electron chi connectivity index (χ1n) is 7.81. The van der Waals surface area contributed by atoms with Crippen molar-refractivity contribution in [2.24, 2.45) is 0 Å². The van der Waals surface area contributed by atoms with Gasteiger partial charge in [-0.3, -0.25) is 9.88 Å². The maximum absolute atomic E-state index is 6.21. The molecular weight excluding hydrogens is 248 g/mol. The number of hydrogen-bond donors (Lipinski definition) is 2. The van der Waals surface area contributed by atoms with E-state index in [2.05, 4.69) is 29.0 Å². The molecule has 112 valence electrons.